The fourth-order valence-electron chi connectivity index (χ4n) is 0.641. The van der Waals surface area contributed by atoms with Crippen LogP contribution in [0, 0.1) is 5.41 Å². The van der Waals surface area contributed by atoms with Gasteiger partial charge in [0.25, 0.3) is 0 Å². The van der Waals surface area contributed by atoms with Gasteiger partial charge in [0, 0.05) is 6.61 Å². The maximum atomic E-state index is 5.38. The first-order valence-electron chi connectivity index (χ1n) is 4.22. The van der Waals surface area contributed by atoms with Crippen molar-refractivity contribution in [3.8, 4) is 0 Å². The molecule has 0 atom stereocenters. The Labute approximate surface area is 69.9 Å². The summed E-state index contributed by atoms with van der Waals surface area (Å²) in [5.41, 5.74) is 0.270. The zero-order valence-electron chi connectivity index (χ0n) is 8.14. The maximum absolute atomic E-state index is 5.38. The van der Waals surface area contributed by atoms with Gasteiger partial charge >= 0.3 is 0 Å². The molecular weight excluding hydrogens is 140 g/mol. The van der Waals surface area contributed by atoms with Crippen molar-refractivity contribution in [2.45, 2.75) is 27.7 Å². The summed E-state index contributed by atoms with van der Waals surface area (Å²) in [7, 11) is 0. The minimum atomic E-state index is 0.270. The zero-order chi connectivity index (χ0) is 8.74. The predicted octanol–water partition coefficient (Wildman–Crippen LogP) is 2.09. The van der Waals surface area contributed by atoms with Gasteiger partial charge < -0.3 is 9.47 Å². The number of hydrogen-bond acceptors (Lipinski definition) is 2. The Morgan fingerprint density at radius 2 is 1.55 bits per heavy atom. The highest BCUT2D eigenvalue weighted by molar-refractivity contribution is 4.58. The Balaban J connectivity index is 3.02. The van der Waals surface area contributed by atoms with Gasteiger partial charge in [0.2, 0.25) is 0 Å². The first kappa shape index (κ1) is 10.9. The molecular formula is C9H20O2. The molecule has 0 heterocycles. The highest BCUT2D eigenvalue weighted by Gasteiger charge is 2.09. The molecule has 0 saturated carbocycles. The van der Waals surface area contributed by atoms with Crippen molar-refractivity contribution in [3.63, 3.8) is 0 Å². The second kappa shape index (κ2) is 5.56. The van der Waals surface area contributed by atoms with E-state index in [0.717, 1.165) is 13.2 Å². The van der Waals surface area contributed by atoms with Crippen molar-refractivity contribution < 1.29 is 9.47 Å². The van der Waals surface area contributed by atoms with E-state index in [0.29, 0.717) is 13.2 Å². The Morgan fingerprint density at radius 3 is 2.00 bits per heavy atom. The second-order valence-corrected chi connectivity index (χ2v) is 3.81. The number of ether oxygens (including phenoxy) is 2. The molecule has 0 rings (SSSR count). The molecule has 0 amide bonds. The monoisotopic (exact) mass is 160 g/mol. The van der Waals surface area contributed by atoms with E-state index in [1.54, 1.807) is 0 Å². The molecule has 0 bridgehead atoms. The van der Waals surface area contributed by atoms with Crippen LogP contribution in [-0.2, 0) is 9.47 Å². The van der Waals surface area contributed by atoms with Crippen LogP contribution in [-0.4, -0.2) is 26.4 Å². The number of rotatable bonds is 5. The quantitative estimate of drug-likeness (QED) is 0.573. The highest BCUT2D eigenvalue weighted by atomic mass is 16.5. The molecule has 0 saturated heterocycles. The molecule has 11 heavy (non-hydrogen) atoms. The zero-order valence-corrected chi connectivity index (χ0v) is 8.14. The van der Waals surface area contributed by atoms with Crippen molar-refractivity contribution in [2.24, 2.45) is 5.41 Å². The highest BCUT2D eigenvalue weighted by Crippen LogP contribution is 2.12. The number of hydrogen-bond donors (Lipinski definition) is 0. The topological polar surface area (TPSA) is 18.5 Å². The van der Waals surface area contributed by atoms with Crippen LogP contribution in [0.1, 0.15) is 27.7 Å². The Hall–Kier alpha value is -0.0800. The summed E-state index contributed by atoms with van der Waals surface area (Å²) >= 11 is 0. The van der Waals surface area contributed by atoms with E-state index in [9.17, 15) is 0 Å². The van der Waals surface area contributed by atoms with Crippen LogP contribution in [0.3, 0.4) is 0 Å². The fourth-order valence-corrected chi connectivity index (χ4v) is 0.641. The third-order valence-corrected chi connectivity index (χ3v) is 1.11. The normalized spacial score (nSPS) is 12.0. The van der Waals surface area contributed by atoms with Crippen LogP contribution >= 0.6 is 0 Å². The van der Waals surface area contributed by atoms with Crippen LogP contribution in [0.5, 0.6) is 0 Å². The minimum absolute atomic E-state index is 0.270. The summed E-state index contributed by atoms with van der Waals surface area (Å²) in [5, 5.41) is 0. The molecule has 0 unspecified atom stereocenters. The summed E-state index contributed by atoms with van der Waals surface area (Å²) in [6.45, 7) is 11.5. The Bertz CT molecular complexity index is 84.1. The SMILES string of the molecule is CCOCCOCC(C)(C)C. The molecule has 0 spiro atoms. The van der Waals surface area contributed by atoms with Crippen LogP contribution in [0.4, 0.5) is 0 Å². The van der Waals surface area contributed by atoms with Crippen LogP contribution in [0.25, 0.3) is 0 Å². The van der Waals surface area contributed by atoms with Gasteiger partial charge in [-0.2, -0.15) is 0 Å². The van der Waals surface area contributed by atoms with Gasteiger partial charge in [0.15, 0.2) is 0 Å². The van der Waals surface area contributed by atoms with Crippen molar-refractivity contribution >= 4 is 0 Å². The molecule has 0 aromatic carbocycles. The maximum Gasteiger partial charge on any atom is 0.0700 e. The first-order valence-corrected chi connectivity index (χ1v) is 4.22. The van der Waals surface area contributed by atoms with E-state index in [-0.39, 0.29) is 5.41 Å². The summed E-state index contributed by atoms with van der Waals surface area (Å²) in [6.07, 6.45) is 0. The summed E-state index contributed by atoms with van der Waals surface area (Å²) in [6, 6.07) is 0. The van der Waals surface area contributed by atoms with E-state index in [2.05, 4.69) is 20.8 Å². The molecule has 0 N–H and O–H groups in total. The average molecular weight is 160 g/mol. The lowest BCUT2D eigenvalue weighted by atomic mass is 9.99. The average Bonchev–Trinajstić information content (AvgIpc) is 1.85. The summed E-state index contributed by atoms with van der Waals surface area (Å²) in [4.78, 5) is 0. The lowest BCUT2D eigenvalue weighted by Crippen LogP contribution is -2.16. The molecule has 0 aromatic rings. The molecule has 0 aromatic heterocycles. The largest absolute Gasteiger partial charge is 0.379 e. The third-order valence-electron chi connectivity index (χ3n) is 1.11. The van der Waals surface area contributed by atoms with E-state index in [1.807, 2.05) is 6.92 Å². The van der Waals surface area contributed by atoms with Gasteiger partial charge in [-0.25, -0.2) is 0 Å². The van der Waals surface area contributed by atoms with Gasteiger partial charge in [-0.15, -0.1) is 0 Å². The molecule has 0 aliphatic heterocycles. The second-order valence-electron chi connectivity index (χ2n) is 3.81. The smallest absolute Gasteiger partial charge is 0.0700 e. The first-order chi connectivity index (χ1) is 5.06. The standard InChI is InChI=1S/C9H20O2/c1-5-10-6-7-11-8-9(2,3)4/h5-8H2,1-4H3. The predicted molar refractivity (Wildman–Crippen MR) is 46.8 cm³/mol. The lowest BCUT2D eigenvalue weighted by molar-refractivity contribution is 0.0227. The summed E-state index contributed by atoms with van der Waals surface area (Å²) < 4.78 is 10.5. The van der Waals surface area contributed by atoms with Gasteiger partial charge in [-0.3, -0.25) is 0 Å². The fraction of sp³-hybridized carbons (Fsp3) is 1.00. The minimum Gasteiger partial charge on any atom is -0.379 e. The van der Waals surface area contributed by atoms with Gasteiger partial charge in [0.1, 0.15) is 0 Å². The molecule has 2 heteroatoms. The van der Waals surface area contributed by atoms with E-state index in [4.69, 9.17) is 9.47 Å². The molecule has 68 valence electrons. The Morgan fingerprint density at radius 1 is 1.00 bits per heavy atom. The molecule has 0 radical (unpaired) electrons. The lowest BCUT2D eigenvalue weighted by Gasteiger charge is -2.17. The van der Waals surface area contributed by atoms with Gasteiger partial charge in [-0.1, -0.05) is 20.8 Å². The van der Waals surface area contributed by atoms with Crippen molar-refractivity contribution in [1.82, 2.24) is 0 Å². The van der Waals surface area contributed by atoms with E-state index >= 15 is 0 Å². The Kier molecular flexibility index (Phi) is 5.51. The summed E-state index contributed by atoms with van der Waals surface area (Å²) in [5.74, 6) is 0. The van der Waals surface area contributed by atoms with Crippen LogP contribution < -0.4 is 0 Å². The molecule has 2 nitrogen and oxygen atoms in total. The van der Waals surface area contributed by atoms with E-state index in [1.165, 1.54) is 0 Å². The molecule has 0 fully saturated rings. The molecule has 0 aliphatic rings. The van der Waals surface area contributed by atoms with Crippen LogP contribution in [0.2, 0.25) is 0 Å². The van der Waals surface area contributed by atoms with Crippen molar-refractivity contribution in [1.29, 1.82) is 0 Å². The third kappa shape index (κ3) is 9.92. The van der Waals surface area contributed by atoms with Gasteiger partial charge in [0.05, 0.1) is 19.8 Å². The van der Waals surface area contributed by atoms with E-state index < -0.39 is 0 Å². The van der Waals surface area contributed by atoms with Gasteiger partial charge in [-0.05, 0) is 12.3 Å². The van der Waals surface area contributed by atoms with Crippen molar-refractivity contribution in [3.05, 3.63) is 0 Å². The molecule has 0 aliphatic carbocycles. The van der Waals surface area contributed by atoms with Crippen LogP contribution in [0.15, 0.2) is 0 Å². The van der Waals surface area contributed by atoms with Crippen molar-refractivity contribution in [2.75, 3.05) is 26.4 Å².